The third-order valence-electron chi connectivity index (χ3n) is 7.08. The molecular formula is C27H28FN3O3. The minimum atomic E-state index is -0.722. The minimum absolute atomic E-state index is 0.140. The third-order valence-corrected chi connectivity index (χ3v) is 7.08. The molecular weight excluding hydrogens is 433 g/mol. The molecule has 34 heavy (non-hydrogen) atoms. The van der Waals surface area contributed by atoms with Crippen molar-refractivity contribution in [1.82, 2.24) is 15.0 Å². The van der Waals surface area contributed by atoms with Gasteiger partial charge in [-0.05, 0) is 36.1 Å². The van der Waals surface area contributed by atoms with Crippen molar-refractivity contribution < 1.29 is 18.8 Å². The Labute approximate surface area is 198 Å². The molecule has 0 atom stereocenters. The van der Waals surface area contributed by atoms with Crippen molar-refractivity contribution in [3.63, 3.8) is 0 Å². The van der Waals surface area contributed by atoms with Gasteiger partial charge in [0.05, 0.1) is 5.92 Å². The Balaban J connectivity index is 1.27. The van der Waals surface area contributed by atoms with Crippen molar-refractivity contribution in [2.75, 3.05) is 13.1 Å². The van der Waals surface area contributed by atoms with Crippen LogP contribution in [-0.2, 0) is 16.8 Å². The Kier molecular flexibility index (Phi) is 6.28. The van der Waals surface area contributed by atoms with Crippen molar-refractivity contribution in [3.05, 3.63) is 77.4 Å². The molecule has 6 nitrogen and oxygen atoms in total. The lowest BCUT2D eigenvalue weighted by molar-refractivity contribution is -0.147. The summed E-state index contributed by atoms with van der Waals surface area (Å²) >= 11 is 0. The topological polar surface area (TPSA) is 79.5 Å². The lowest BCUT2D eigenvalue weighted by Gasteiger charge is -2.36. The van der Waals surface area contributed by atoms with E-state index in [2.05, 4.69) is 21.1 Å². The number of carbonyl (C=O) groups is 1. The summed E-state index contributed by atoms with van der Waals surface area (Å²) in [4.78, 5) is 17.6. The number of allylic oxidation sites excluding steroid dienone is 1. The Morgan fingerprint density at radius 3 is 2.47 bits per heavy atom. The highest BCUT2D eigenvalue weighted by atomic mass is 19.1. The first kappa shape index (κ1) is 22.5. The van der Waals surface area contributed by atoms with Gasteiger partial charge >= 0.3 is 5.97 Å². The fraction of sp³-hybridized carbons (Fsp3) is 0.370. The molecule has 0 spiro atoms. The number of likely N-dealkylation sites (tertiary alicyclic amines) is 1. The van der Waals surface area contributed by atoms with Crippen molar-refractivity contribution in [1.29, 1.82) is 0 Å². The summed E-state index contributed by atoms with van der Waals surface area (Å²) in [5, 5.41) is 13.1. The number of benzene rings is 2. The number of hydrogen-bond donors (Lipinski definition) is 1. The smallest absolute Gasteiger partial charge is 0.309 e. The summed E-state index contributed by atoms with van der Waals surface area (Å²) in [5.74, 6) is -0.214. The van der Waals surface area contributed by atoms with Crippen LogP contribution in [0.25, 0.3) is 17.5 Å². The molecule has 1 saturated heterocycles. The maximum absolute atomic E-state index is 13.5. The number of carboxylic acids is 1. The zero-order valence-corrected chi connectivity index (χ0v) is 19.0. The first-order valence-electron chi connectivity index (χ1n) is 11.8. The molecule has 1 N–H and O–H groups in total. The fourth-order valence-corrected chi connectivity index (χ4v) is 5.04. The van der Waals surface area contributed by atoms with Crippen LogP contribution in [0.3, 0.4) is 0 Å². The molecule has 0 radical (unpaired) electrons. The van der Waals surface area contributed by atoms with Crippen LogP contribution >= 0.6 is 0 Å². The quantitative estimate of drug-likeness (QED) is 0.514. The standard InChI is InChI=1S/C27H28FN3O3/c28-23-10-8-22(9-11-23)27(13-2-1-3-14-27)15-12-24-29-25(30-34-24)20-6-4-19(5-7-20)16-31-17-21(18-31)26(32)33/h4-12,15,21H,1-3,13-14,16-18H2,(H,32,33)/b15-12+. The van der Waals surface area contributed by atoms with Crippen molar-refractivity contribution >= 4 is 12.0 Å². The second-order valence-electron chi connectivity index (χ2n) is 9.44. The molecule has 1 saturated carbocycles. The van der Waals surface area contributed by atoms with Gasteiger partial charge in [-0.2, -0.15) is 4.98 Å². The molecule has 1 aliphatic carbocycles. The van der Waals surface area contributed by atoms with Crippen LogP contribution in [0.4, 0.5) is 4.39 Å². The van der Waals surface area contributed by atoms with Gasteiger partial charge in [0.2, 0.25) is 5.82 Å². The molecule has 5 rings (SSSR count). The van der Waals surface area contributed by atoms with E-state index >= 15 is 0 Å². The number of rotatable bonds is 7. The molecule has 2 heterocycles. The van der Waals surface area contributed by atoms with Crippen LogP contribution in [0.1, 0.15) is 49.1 Å². The Morgan fingerprint density at radius 1 is 1.09 bits per heavy atom. The lowest BCUT2D eigenvalue weighted by Crippen LogP contribution is -2.49. The monoisotopic (exact) mass is 461 g/mol. The first-order valence-corrected chi connectivity index (χ1v) is 11.8. The number of aromatic nitrogens is 2. The van der Waals surface area contributed by atoms with Crippen LogP contribution in [0.15, 0.2) is 59.1 Å². The van der Waals surface area contributed by atoms with Crippen LogP contribution in [-0.4, -0.2) is 39.2 Å². The predicted molar refractivity (Wildman–Crippen MR) is 126 cm³/mol. The second kappa shape index (κ2) is 9.50. The molecule has 7 heteroatoms. The Morgan fingerprint density at radius 2 is 1.79 bits per heavy atom. The largest absolute Gasteiger partial charge is 0.481 e. The van der Waals surface area contributed by atoms with Gasteiger partial charge in [-0.15, -0.1) is 0 Å². The van der Waals surface area contributed by atoms with E-state index in [-0.39, 0.29) is 17.2 Å². The maximum Gasteiger partial charge on any atom is 0.309 e. The molecule has 0 amide bonds. The number of carboxylic acid groups (broad SMARTS) is 1. The second-order valence-corrected chi connectivity index (χ2v) is 9.44. The van der Waals surface area contributed by atoms with E-state index in [1.165, 1.54) is 18.6 Å². The highest BCUT2D eigenvalue weighted by Gasteiger charge is 2.32. The van der Waals surface area contributed by atoms with E-state index in [9.17, 15) is 9.18 Å². The van der Waals surface area contributed by atoms with E-state index in [0.29, 0.717) is 24.8 Å². The van der Waals surface area contributed by atoms with E-state index in [4.69, 9.17) is 9.63 Å². The van der Waals surface area contributed by atoms with Gasteiger partial charge in [-0.25, -0.2) is 4.39 Å². The molecule has 0 bridgehead atoms. The summed E-state index contributed by atoms with van der Waals surface area (Å²) < 4.78 is 19.0. The van der Waals surface area contributed by atoms with Crippen LogP contribution in [0.2, 0.25) is 0 Å². The van der Waals surface area contributed by atoms with Gasteiger partial charge in [-0.1, -0.05) is 66.9 Å². The number of halogens is 1. The zero-order chi connectivity index (χ0) is 23.5. The first-order chi connectivity index (χ1) is 16.5. The number of nitrogens with zero attached hydrogens (tertiary/aromatic N) is 3. The summed E-state index contributed by atoms with van der Waals surface area (Å²) in [5.41, 5.74) is 2.97. The van der Waals surface area contributed by atoms with E-state index in [1.807, 2.05) is 42.5 Å². The molecule has 0 unspecified atom stereocenters. The Hall–Kier alpha value is -3.32. The number of hydrogen-bond acceptors (Lipinski definition) is 5. The highest BCUT2D eigenvalue weighted by Crippen LogP contribution is 2.41. The van der Waals surface area contributed by atoms with Gasteiger partial charge in [0.15, 0.2) is 0 Å². The van der Waals surface area contributed by atoms with Gasteiger partial charge in [-0.3, -0.25) is 9.69 Å². The van der Waals surface area contributed by atoms with Crippen LogP contribution in [0.5, 0.6) is 0 Å². The molecule has 3 aromatic rings. The predicted octanol–water partition coefficient (Wildman–Crippen LogP) is 5.31. The molecule has 2 aromatic carbocycles. The SMILES string of the molecule is O=C(O)C1CN(Cc2ccc(-c3noc(/C=C/C4(c5ccc(F)cc5)CCCCC4)n3)cc2)C1. The molecule has 2 aliphatic rings. The normalized spacial score (nSPS) is 18.7. The summed E-state index contributed by atoms with van der Waals surface area (Å²) in [6.45, 7) is 1.92. The maximum atomic E-state index is 13.5. The average molecular weight is 462 g/mol. The Bertz CT molecular complexity index is 1160. The van der Waals surface area contributed by atoms with E-state index in [1.54, 1.807) is 0 Å². The van der Waals surface area contributed by atoms with Crippen LogP contribution in [0, 0.1) is 11.7 Å². The zero-order valence-electron chi connectivity index (χ0n) is 19.0. The van der Waals surface area contributed by atoms with Crippen molar-refractivity contribution in [3.8, 4) is 11.4 Å². The molecule has 1 aromatic heterocycles. The lowest BCUT2D eigenvalue weighted by atomic mass is 9.69. The number of aliphatic carboxylic acids is 1. The summed E-state index contributed by atoms with van der Waals surface area (Å²) in [6, 6.07) is 14.8. The van der Waals surface area contributed by atoms with E-state index < -0.39 is 5.97 Å². The van der Waals surface area contributed by atoms with Gasteiger partial charge in [0.25, 0.3) is 5.89 Å². The van der Waals surface area contributed by atoms with Crippen LogP contribution < -0.4 is 0 Å². The molecule has 176 valence electrons. The van der Waals surface area contributed by atoms with E-state index in [0.717, 1.165) is 48.9 Å². The van der Waals surface area contributed by atoms with Crippen molar-refractivity contribution in [2.45, 2.75) is 44.1 Å². The van der Waals surface area contributed by atoms with Gasteiger partial charge in [0.1, 0.15) is 5.82 Å². The van der Waals surface area contributed by atoms with Crippen molar-refractivity contribution in [2.24, 2.45) is 5.92 Å². The van der Waals surface area contributed by atoms with Gasteiger partial charge < -0.3 is 9.63 Å². The highest BCUT2D eigenvalue weighted by molar-refractivity contribution is 5.71. The average Bonchev–Trinajstić information content (AvgIpc) is 3.30. The fourth-order valence-electron chi connectivity index (χ4n) is 5.04. The van der Waals surface area contributed by atoms with Gasteiger partial charge in [0, 0.05) is 36.7 Å². The third kappa shape index (κ3) is 4.80. The molecule has 2 fully saturated rings. The summed E-state index contributed by atoms with van der Waals surface area (Å²) in [7, 11) is 0. The molecule has 1 aliphatic heterocycles. The summed E-state index contributed by atoms with van der Waals surface area (Å²) in [6.07, 6.45) is 9.56. The minimum Gasteiger partial charge on any atom is -0.481 e.